The van der Waals surface area contributed by atoms with E-state index >= 15 is 0 Å². The van der Waals surface area contributed by atoms with E-state index < -0.39 is 6.04 Å². The van der Waals surface area contributed by atoms with Crippen LogP contribution in [0.4, 0.5) is 0 Å². The normalized spacial score (nSPS) is 11.7. The van der Waals surface area contributed by atoms with Gasteiger partial charge in [0, 0.05) is 37.2 Å². The van der Waals surface area contributed by atoms with Gasteiger partial charge >= 0.3 is 0 Å². The number of nitrogens with one attached hydrogen (secondary N) is 2. The molecule has 7 nitrogen and oxygen atoms in total. The van der Waals surface area contributed by atoms with E-state index in [0.29, 0.717) is 17.7 Å². The molecule has 0 aliphatic carbocycles. The highest BCUT2D eigenvalue weighted by Crippen LogP contribution is 2.16. The molecule has 1 unspecified atom stereocenters. The number of aryl methyl sites for hydroxylation is 2. The maximum absolute atomic E-state index is 12.9. The Hall–Kier alpha value is -3.48. The average molecular weight is 377 g/mol. The zero-order chi connectivity index (χ0) is 20.1. The van der Waals surface area contributed by atoms with Gasteiger partial charge in [0.25, 0.3) is 5.91 Å². The Bertz CT molecular complexity index is 967. The smallest absolute Gasteiger partial charge is 0.253 e. The maximum Gasteiger partial charge on any atom is 0.253 e. The molecule has 3 rings (SSSR count). The van der Waals surface area contributed by atoms with E-state index in [1.54, 1.807) is 23.0 Å². The molecule has 0 spiro atoms. The van der Waals surface area contributed by atoms with Crippen LogP contribution in [0.25, 0.3) is 0 Å². The lowest BCUT2D eigenvalue weighted by Gasteiger charge is -2.19. The van der Waals surface area contributed by atoms with Crippen LogP contribution in [0.1, 0.15) is 38.9 Å². The molecule has 0 aliphatic heterocycles. The number of rotatable bonds is 6. The summed E-state index contributed by atoms with van der Waals surface area (Å²) in [5.74, 6) is -0.642. The standard InChI is InChI=1S/C21H23N5O2/c1-14-18(15(2)26(3)25-14)13-23-21(28)19(16-8-5-4-6-9-16)24-20(27)17-10-7-11-22-12-17/h4-12,19H,13H2,1-3H3,(H,23,28)(H,24,27). The van der Waals surface area contributed by atoms with E-state index in [9.17, 15) is 9.59 Å². The second kappa shape index (κ2) is 8.47. The Kier molecular flexibility index (Phi) is 5.84. The summed E-state index contributed by atoms with van der Waals surface area (Å²) in [4.78, 5) is 29.5. The van der Waals surface area contributed by atoms with Gasteiger partial charge in [-0.1, -0.05) is 30.3 Å². The second-order valence-electron chi connectivity index (χ2n) is 6.55. The Morgan fingerprint density at radius 1 is 1.11 bits per heavy atom. The third kappa shape index (κ3) is 4.25. The van der Waals surface area contributed by atoms with Gasteiger partial charge in [-0.25, -0.2) is 0 Å². The van der Waals surface area contributed by atoms with Gasteiger partial charge in [0.1, 0.15) is 6.04 Å². The number of nitrogens with zero attached hydrogens (tertiary/aromatic N) is 3. The summed E-state index contributed by atoms with van der Waals surface area (Å²) < 4.78 is 1.79. The molecule has 2 amide bonds. The van der Waals surface area contributed by atoms with Crippen molar-refractivity contribution in [3.05, 3.63) is 82.9 Å². The summed E-state index contributed by atoms with van der Waals surface area (Å²) in [5, 5.41) is 10.1. The molecule has 28 heavy (non-hydrogen) atoms. The first-order chi connectivity index (χ1) is 13.5. The van der Waals surface area contributed by atoms with E-state index in [4.69, 9.17) is 0 Å². The van der Waals surface area contributed by atoms with Crippen molar-refractivity contribution in [3.8, 4) is 0 Å². The zero-order valence-corrected chi connectivity index (χ0v) is 16.1. The number of amides is 2. The van der Waals surface area contributed by atoms with E-state index in [2.05, 4.69) is 20.7 Å². The minimum absolute atomic E-state index is 0.286. The van der Waals surface area contributed by atoms with E-state index in [-0.39, 0.29) is 11.8 Å². The summed E-state index contributed by atoms with van der Waals surface area (Å²) >= 11 is 0. The molecule has 3 aromatic rings. The zero-order valence-electron chi connectivity index (χ0n) is 16.1. The lowest BCUT2D eigenvalue weighted by Crippen LogP contribution is -2.40. The van der Waals surface area contributed by atoms with Crippen molar-refractivity contribution < 1.29 is 9.59 Å². The highest BCUT2D eigenvalue weighted by Gasteiger charge is 2.24. The summed E-state index contributed by atoms with van der Waals surface area (Å²) in [6.45, 7) is 4.21. The van der Waals surface area contributed by atoms with E-state index in [0.717, 1.165) is 17.0 Å². The molecule has 2 N–H and O–H groups in total. The van der Waals surface area contributed by atoms with Crippen molar-refractivity contribution in [2.24, 2.45) is 7.05 Å². The molecule has 1 atom stereocenters. The second-order valence-corrected chi connectivity index (χ2v) is 6.55. The molecule has 0 saturated heterocycles. The number of carbonyl (C=O) groups excluding carboxylic acids is 2. The summed E-state index contributed by atoms with van der Waals surface area (Å²) in [6, 6.07) is 11.7. The molecule has 2 heterocycles. The SMILES string of the molecule is Cc1nn(C)c(C)c1CNC(=O)C(NC(=O)c1cccnc1)c1ccccc1. The van der Waals surface area contributed by atoms with Crippen molar-refractivity contribution in [1.82, 2.24) is 25.4 Å². The summed E-state index contributed by atoms with van der Waals surface area (Å²) in [6.07, 6.45) is 3.06. The van der Waals surface area contributed by atoms with Crippen molar-refractivity contribution in [2.45, 2.75) is 26.4 Å². The molecule has 0 saturated carbocycles. The first-order valence-electron chi connectivity index (χ1n) is 9.00. The molecule has 1 aromatic carbocycles. The van der Waals surface area contributed by atoms with Crippen LogP contribution in [-0.4, -0.2) is 26.6 Å². The predicted octanol–water partition coefficient (Wildman–Crippen LogP) is 2.22. The Morgan fingerprint density at radius 3 is 2.46 bits per heavy atom. The molecular weight excluding hydrogens is 354 g/mol. The number of benzene rings is 1. The quantitative estimate of drug-likeness (QED) is 0.689. The number of pyridine rings is 1. The topological polar surface area (TPSA) is 88.9 Å². The Balaban J connectivity index is 1.78. The largest absolute Gasteiger partial charge is 0.350 e. The highest BCUT2D eigenvalue weighted by molar-refractivity contribution is 5.97. The molecule has 7 heteroatoms. The third-order valence-corrected chi connectivity index (χ3v) is 4.69. The lowest BCUT2D eigenvalue weighted by atomic mass is 10.1. The molecule has 0 aliphatic rings. The minimum Gasteiger partial charge on any atom is -0.350 e. The van der Waals surface area contributed by atoms with Gasteiger partial charge in [-0.2, -0.15) is 5.10 Å². The predicted molar refractivity (Wildman–Crippen MR) is 105 cm³/mol. The van der Waals surface area contributed by atoms with Crippen molar-refractivity contribution in [2.75, 3.05) is 0 Å². The molecule has 0 radical (unpaired) electrons. The van der Waals surface area contributed by atoms with Gasteiger partial charge in [0.15, 0.2) is 0 Å². The van der Waals surface area contributed by atoms with Gasteiger partial charge in [-0.15, -0.1) is 0 Å². The molecular formula is C21H23N5O2. The Morgan fingerprint density at radius 2 is 1.86 bits per heavy atom. The molecule has 0 fully saturated rings. The van der Waals surface area contributed by atoms with Crippen LogP contribution in [0.15, 0.2) is 54.9 Å². The van der Waals surface area contributed by atoms with Crippen LogP contribution in [0, 0.1) is 13.8 Å². The van der Waals surface area contributed by atoms with Gasteiger partial charge in [-0.3, -0.25) is 19.3 Å². The lowest BCUT2D eigenvalue weighted by molar-refractivity contribution is -0.123. The van der Waals surface area contributed by atoms with Gasteiger partial charge in [0.05, 0.1) is 11.3 Å². The van der Waals surface area contributed by atoms with Crippen LogP contribution in [-0.2, 0) is 18.4 Å². The van der Waals surface area contributed by atoms with E-state index in [1.807, 2.05) is 51.2 Å². The monoisotopic (exact) mass is 377 g/mol. The fraction of sp³-hybridized carbons (Fsp3) is 0.238. The number of carbonyl (C=O) groups is 2. The van der Waals surface area contributed by atoms with Gasteiger partial charge in [0.2, 0.25) is 5.91 Å². The Labute approximate surface area is 163 Å². The molecule has 0 bridgehead atoms. The summed E-state index contributed by atoms with van der Waals surface area (Å²) in [7, 11) is 1.87. The van der Waals surface area contributed by atoms with Crippen molar-refractivity contribution in [1.29, 1.82) is 0 Å². The van der Waals surface area contributed by atoms with Crippen LogP contribution >= 0.6 is 0 Å². The first-order valence-corrected chi connectivity index (χ1v) is 9.00. The third-order valence-electron chi connectivity index (χ3n) is 4.69. The van der Waals surface area contributed by atoms with Crippen LogP contribution in [0.3, 0.4) is 0 Å². The average Bonchev–Trinajstić information content (AvgIpc) is 2.96. The highest BCUT2D eigenvalue weighted by atomic mass is 16.2. The van der Waals surface area contributed by atoms with Crippen LogP contribution in [0.2, 0.25) is 0 Å². The summed E-state index contributed by atoms with van der Waals surface area (Å²) in [5.41, 5.74) is 3.94. The molecule has 144 valence electrons. The fourth-order valence-electron chi connectivity index (χ4n) is 3.01. The van der Waals surface area contributed by atoms with Crippen molar-refractivity contribution >= 4 is 11.8 Å². The van der Waals surface area contributed by atoms with Gasteiger partial charge < -0.3 is 10.6 Å². The number of hydrogen-bond acceptors (Lipinski definition) is 4. The van der Waals surface area contributed by atoms with Crippen LogP contribution in [0.5, 0.6) is 0 Å². The molecule has 2 aromatic heterocycles. The fourth-order valence-corrected chi connectivity index (χ4v) is 3.01. The maximum atomic E-state index is 12.9. The number of aromatic nitrogens is 3. The van der Waals surface area contributed by atoms with E-state index in [1.165, 1.54) is 6.20 Å². The van der Waals surface area contributed by atoms with Crippen LogP contribution < -0.4 is 10.6 Å². The first kappa shape index (κ1) is 19.3. The number of hydrogen-bond donors (Lipinski definition) is 2. The van der Waals surface area contributed by atoms with Gasteiger partial charge in [-0.05, 0) is 31.5 Å². The minimum atomic E-state index is -0.814. The van der Waals surface area contributed by atoms with Crippen molar-refractivity contribution in [3.63, 3.8) is 0 Å².